The molecule has 0 spiro atoms. The molecule has 0 saturated heterocycles. The number of benzene rings is 2. The molecule has 8 heteroatoms. The summed E-state index contributed by atoms with van der Waals surface area (Å²) in [6.07, 6.45) is -0.233. The van der Waals surface area contributed by atoms with Gasteiger partial charge in [-0.3, -0.25) is 24.6 Å². The molecule has 0 atom stereocenters. The van der Waals surface area contributed by atoms with Gasteiger partial charge in [0.2, 0.25) is 0 Å². The highest BCUT2D eigenvalue weighted by Gasteiger charge is 2.33. The van der Waals surface area contributed by atoms with Crippen LogP contribution in [0.3, 0.4) is 0 Å². The summed E-state index contributed by atoms with van der Waals surface area (Å²) in [6, 6.07) is 7.18. The number of non-ortho nitro benzene ring substituents is 1. The fourth-order valence-electron chi connectivity index (χ4n) is 2.83. The van der Waals surface area contributed by atoms with Crippen molar-refractivity contribution in [3.05, 3.63) is 51.6 Å². The summed E-state index contributed by atoms with van der Waals surface area (Å²) in [4.78, 5) is 47.0. The molecule has 1 aliphatic rings. The normalized spacial score (nSPS) is 13.4. The topological polar surface area (TPSA) is 121 Å². The molecular formula is C16H11N2O6-. The number of aliphatic carboxylic acids is 1. The molecule has 0 aliphatic carbocycles. The summed E-state index contributed by atoms with van der Waals surface area (Å²) in [5, 5.41) is 22.4. The van der Waals surface area contributed by atoms with Crippen LogP contribution in [-0.4, -0.2) is 34.2 Å². The minimum Gasteiger partial charge on any atom is -0.550 e. The summed E-state index contributed by atoms with van der Waals surface area (Å²) < 4.78 is 0. The van der Waals surface area contributed by atoms with Crippen molar-refractivity contribution >= 4 is 34.2 Å². The van der Waals surface area contributed by atoms with Crippen LogP contribution in [0.2, 0.25) is 0 Å². The predicted octanol–water partition coefficient (Wildman–Crippen LogP) is 0.874. The van der Waals surface area contributed by atoms with E-state index in [9.17, 15) is 29.6 Å². The van der Waals surface area contributed by atoms with E-state index in [2.05, 4.69) is 0 Å². The van der Waals surface area contributed by atoms with Crippen molar-refractivity contribution in [2.45, 2.75) is 12.8 Å². The minimum absolute atomic E-state index is 0.0556. The van der Waals surface area contributed by atoms with Crippen molar-refractivity contribution in [2.75, 3.05) is 6.54 Å². The number of amides is 2. The molecule has 2 amide bonds. The Morgan fingerprint density at radius 3 is 2.50 bits per heavy atom. The van der Waals surface area contributed by atoms with Gasteiger partial charge in [0.25, 0.3) is 17.5 Å². The van der Waals surface area contributed by atoms with Gasteiger partial charge in [-0.15, -0.1) is 0 Å². The zero-order chi connectivity index (χ0) is 17.4. The second-order valence-electron chi connectivity index (χ2n) is 5.39. The van der Waals surface area contributed by atoms with E-state index >= 15 is 0 Å². The van der Waals surface area contributed by atoms with E-state index in [1.54, 1.807) is 12.1 Å². The average Bonchev–Trinajstić information content (AvgIpc) is 2.54. The number of hydrogen-bond donors (Lipinski definition) is 0. The molecule has 0 saturated carbocycles. The summed E-state index contributed by atoms with van der Waals surface area (Å²) >= 11 is 0. The van der Waals surface area contributed by atoms with E-state index in [4.69, 9.17) is 0 Å². The van der Waals surface area contributed by atoms with Crippen molar-refractivity contribution in [3.63, 3.8) is 0 Å². The third-order valence-electron chi connectivity index (χ3n) is 3.89. The third kappa shape index (κ3) is 2.47. The first-order valence-corrected chi connectivity index (χ1v) is 7.17. The number of carbonyl (C=O) groups excluding carboxylic acids is 3. The Hall–Kier alpha value is -3.29. The number of carbonyl (C=O) groups is 3. The van der Waals surface area contributed by atoms with Crippen molar-refractivity contribution in [1.29, 1.82) is 0 Å². The highest BCUT2D eigenvalue weighted by molar-refractivity contribution is 6.25. The van der Waals surface area contributed by atoms with Gasteiger partial charge < -0.3 is 9.90 Å². The molecule has 3 rings (SSSR count). The van der Waals surface area contributed by atoms with Gasteiger partial charge in [-0.25, -0.2) is 0 Å². The van der Waals surface area contributed by atoms with Crippen molar-refractivity contribution in [3.8, 4) is 0 Å². The van der Waals surface area contributed by atoms with Crippen LogP contribution in [0, 0.1) is 10.1 Å². The van der Waals surface area contributed by atoms with Crippen LogP contribution in [0.15, 0.2) is 30.3 Å². The Labute approximate surface area is 135 Å². The molecule has 0 fully saturated rings. The maximum atomic E-state index is 12.6. The Kier molecular flexibility index (Phi) is 3.72. The first kappa shape index (κ1) is 15.6. The molecule has 1 aliphatic heterocycles. The lowest BCUT2D eigenvalue weighted by Gasteiger charge is -2.27. The highest BCUT2D eigenvalue weighted by atomic mass is 16.6. The quantitative estimate of drug-likeness (QED) is 0.456. The van der Waals surface area contributed by atoms with Gasteiger partial charge >= 0.3 is 0 Å². The third-order valence-corrected chi connectivity index (χ3v) is 3.89. The fraction of sp³-hybridized carbons (Fsp3) is 0.188. The summed E-state index contributed by atoms with van der Waals surface area (Å²) in [5.74, 6) is -2.47. The lowest BCUT2D eigenvalue weighted by Crippen LogP contribution is -2.41. The van der Waals surface area contributed by atoms with E-state index in [0.29, 0.717) is 10.8 Å². The molecule has 0 unspecified atom stereocenters. The van der Waals surface area contributed by atoms with E-state index in [-0.39, 0.29) is 36.2 Å². The maximum absolute atomic E-state index is 12.6. The van der Waals surface area contributed by atoms with Crippen LogP contribution in [0.5, 0.6) is 0 Å². The molecule has 122 valence electrons. The van der Waals surface area contributed by atoms with Gasteiger partial charge in [0.15, 0.2) is 0 Å². The van der Waals surface area contributed by atoms with Gasteiger partial charge in [0.1, 0.15) is 0 Å². The molecule has 0 bridgehead atoms. The monoisotopic (exact) mass is 327 g/mol. The number of nitro benzene ring substituents is 1. The van der Waals surface area contributed by atoms with Gasteiger partial charge in [0, 0.05) is 35.6 Å². The number of nitro groups is 1. The van der Waals surface area contributed by atoms with E-state index in [1.165, 1.54) is 12.1 Å². The lowest BCUT2D eigenvalue weighted by atomic mass is 9.93. The Morgan fingerprint density at radius 2 is 1.83 bits per heavy atom. The van der Waals surface area contributed by atoms with Gasteiger partial charge in [0.05, 0.1) is 10.5 Å². The smallest absolute Gasteiger partial charge is 0.270 e. The molecule has 0 aromatic heterocycles. The van der Waals surface area contributed by atoms with Crippen molar-refractivity contribution < 1.29 is 24.4 Å². The molecule has 2 aromatic rings. The van der Waals surface area contributed by atoms with E-state index < -0.39 is 22.7 Å². The zero-order valence-corrected chi connectivity index (χ0v) is 12.4. The summed E-state index contributed by atoms with van der Waals surface area (Å²) in [5.41, 5.74) is 0.0975. The van der Waals surface area contributed by atoms with E-state index in [1.807, 2.05) is 0 Å². The fourth-order valence-corrected chi connectivity index (χ4v) is 2.83. The van der Waals surface area contributed by atoms with Crippen molar-refractivity contribution in [2.24, 2.45) is 0 Å². The zero-order valence-electron chi connectivity index (χ0n) is 12.4. The molecule has 8 nitrogen and oxygen atoms in total. The molecule has 0 N–H and O–H groups in total. The van der Waals surface area contributed by atoms with Crippen LogP contribution in [-0.2, 0) is 4.79 Å². The van der Waals surface area contributed by atoms with Crippen LogP contribution >= 0.6 is 0 Å². The molecule has 1 heterocycles. The second-order valence-corrected chi connectivity index (χ2v) is 5.39. The number of carboxylic acid groups (broad SMARTS) is 1. The number of carboxylic acids is 1. The number of nitrogens with zero attached hydrogens (tertiary/aromatic N) is 2. The minimum atomic E-state index is -1.27. The Morgan fingerprint density at radius 1 is 1.12 bits per heavy atom. The standard InChI is InChI=1S/C16H12N2O6/c19-13(20)5-2-6-17-15(21)11-4-1-3-9-7-10(18(23)24)8-12(14(9)11)16(17)22/h1,3-4,7-8H,2,5-6H2,(H,19,20)/p-1. The van der Waals surface area contributed by atoms with Crippen LogP contribution < -0.4 is 5.11 Å². The Balaban J connectivity index is 2.10. The largest absolute Gasteiger partial charge is 0.550 e. The van der Waals surface area contributed by atoms with Crippen molar-refractivity contribution in [1.82, 2.24) is 4.90 Å². The molecule has 2 aromatic carbocycles. The van der Waals surface area contributed by atoms with Crippen LogP contribution in [0.1, 0.15) is 33.6 Å². The molecular weight excluding hydrogens is 316 g/mol. The van der Waals surface area contributed by atoms with Crippen LogP contribution in [0.25, 0.3) is 10.8 Å². The SMILES string of the molecule is O=C([O-])CCCN1C(=O)c2cccc3cc([N+](=O)[O-])cc(c23)C1=O. The number of imide groups is 1. The Bertz CT molecular complexity index is 905. The van der Waals surface area contributed by atoms with Gasteiger partial charge in [-0.2, -0.15) is 0 Å². The predicted molar refractivity (Wildman–Crippen MR) is 80.2 cm³/mol. The first-order valence-electron chi connectivity index (χ1n) is 7.17. The van der Waals surface area contributed by atoms with E-state index in [0.717, 1.165) is 11.0 Å². The van der Waals surface area contributed by atoms with Crippen LogP contribution in [0.4, 0.5) is 5.69 Å². The summed E-state index contributed by atoms with van der Waals surface area (Å²) in [6.45, 7) is -0.0931. The number of hydrogen-bond acceptors (Lipinski definition) is 6. The van der Waals surface area contributed by atoms with Gasteiger partial charge in [-0.1, -0.05) is 12.1 Å². The highest BCUT2D eigenvalue weighted by Crippen LogP contribution is 2.33. The van der Waals surface area contributed by atoms with Gasteiger partial charge in [-0.05, 0) is 24.3 Å². The maximum Gasteiger partial charge on any atom is 0.270 e. The number of rotatable bonds is 5. The average molecular weight is 327 g/mol. The first-order chi connectivity index (χ1) is 11.4. The molecule has 0 radical (unpaired) electrons. The second kappa shape index (κ2) is 5.73. The lowest BCUT2D eigenvalue weighted by molar-refractivity contribution is -0.384. The molecule has 24 heavy (non-hydrogen) atoms. The summed E-state index contributed by atoms with van der Waals surface area (Å²) in [7, 11) is 0.